The Morgan fingerprint density at radius 1 is 1.12 bits per heavy atom. The molecule has 1 aliphatic rings. The minimum absolute atomic E-state index is 0.128. The van der Waals surface area contributed by atoms with Crippen molar-refractivity contribution in [3.05, 3.63) is 35.9 Å². The van der Waals surface area contributed by atoms with Gasteiger partial charge in [-0.25, -0.2) is 0 Å². The first-order valence-electron chi connectivity index (χ1n) is 6.40. The molecule has 0 radical (unpaired) electrons. The molecule has 0 amide bonds. The Morgan fingerprint density at radius 3 is 2.50 bits per heavy atom. The van der Waals surface area contributed by atoms with Gasteiger partial charge in [0.15, 0.2) is 0 Å². The van der Waals surface area contributed by atoms with Crippen LogP contribution in [0.25, 0.3) is 0 Å². The molecule has 0 saturated heterocycles. The van der Waals surface area contributed by atoms with E-state index < -0.39 is 0 Å². The highest BCUT2D eigenvalue weighted by Crippen LogP contribution is 2.18. The molecule has 0 heterocycles. The van der Waals surface area contributed by atoms with Gasteiger partial charge in [0.1, 0.15) is 0 Å². The van der Waals surface area contributed by atoms with Crippen LogP contribution in [0.2, 0.25) is 0 Å². The van der Waals surface area contributed by atoms with Crippen molar-refractivity contribution in [3.8, 4) is 0 Å². The van der Waals surface area contributed by atoms with E-state index in [2.05, 4.69) is 29.6 Å². The smallest absolute Gasteiger partial charge is 0.0421 e. The van der Waals surface area contributed by atoms with Crippen molar-refractivity contribution in [1.29, 1.82) is 0 Å². The summed E-state index contributed by atoms with van der Waals surface area (Å²) in [4.78, 5) is 0. The lowest BCUT2D eigenvalue weighted by atomic mass is 9.95. The second kappa shape index (κ2) is 6.02. The van der Waals surface area contributed by atoms with Gasteiger partial charge in [-0.05, 0) is 18.4 Å². The molecule has 2 heteroatoms. The van der Waals surface area contributed by atoms with E-state index in [4.69, 9.17) is 5.73 Å². The molecule has 3 N–H and O–H groups in total. The molecule has 88 valence electrons. The molecule has 0 unspecified atom stereocenters. The van der Waals surface area contributed by atoms with Crippen LogP contribution in [-0.4, -0.2) is 12.6 Å². The third kappa shape index (κ3) is 3.32. The molecular formula is C14H22N2. The van der Waals surface area contributed by atoms with E-state index in [-0.39, 0.29) is 6.04 Å². The van der Waals surface area contributed by atoms with Crippen LogP contribution in [0.5, 0.6) is 0 Å². The number of benzene rings is 1. The molecule has 0 aromatic heterocycles. The van der Waals surface area contributed by atoms with Gasteiger partial charge >= 0.3 is 0 Å². The van der Waals surface area contributed by atoms with Gasteiger partial charge in [-0.2, -0.15) is 0 Å². The normalized spacial score (nSPS) is 19.6. The van der Waals surface area contributed by atoms with Gasteiger partial charge in [-0.1, -0.05) is 49.6 Å². The first-order valence-corrected chi connectivity index (χ1v) is 6.40. The lowest BCUT2D eigenvalue weighted by molar-refractivity contribution is 0.366. The summed E-state index contributed by atoms with van der Waals surface area (Å²) in [7, 11) is 0. The van der Waals surface area contributed by atoms with Crippen molar-refractivity contribution >= 4 is 0 Å². The fraction of sp³-hybridized carbons (Fsp3) is 0.571. The van der Waals surface area contributed by atoms with Crippen LogP contribution in [0, 0.1) is 0 Å². The maximum Gasteiger partial charge on any atom is 0.0421 e. The summed E-state index contributed by atoms with van der Waals surface area (Å²) in [6.07, 6.45) is 6.79. The zero-order valence-electron chi connectivity index (χ0n) is 9.86. The first kappa shape index (κ1) is 11.6. The molecule has 2 nitrogen and oxygen atoms in total. The van der Waals surface area contributed by atoms with E-state index >= 15 is 0 Å². The Kier molecular flexibility index (Phi) is 4.37. The molecule has 1 fully saturated rings. The van der Waals surface area contributed by atoms with Crippen LogP contribution in [0.15, 0.2) is 30.3 Å². The van der Waals surface area contributed by atoms with E-state index in [1.165, 1.54) is 37.7 Å². The van der Waals surface area contributed by atoms with E-state index in [1.807, 2.05) is 6.07 Å². The SMILES string of the molecule is N[C@@H](CNC1CCCCC1)c1ccccc1. The minimum atomic E-state index is 0.128. The summed E-state index contributed by atoms with van der Waals surface area (Å²) in [5.41, 5.74) is 7.38. The van der Waals surface area contributed by atoms with Gasteiger partial charge in [0.25, 0.3) is 0 Å². The van der Waals surface area contributed by atoms with Crippen molar-refractivity contribution < 1.29 is 0 Å². The highest BCUT2D eigenvalue weighted by Gasteiger charge is 2.14. The molecule has 0 bridgehead atoms. The van der Waals surface area contributed by atoms with E-state index in [0.29, 0.717) is 6.04 Å². The predicted molar refractivity (Wildman–Crippen MR) is 68.2 cm³/mol. The van der Waals surface area contributed by atoms with Crippen molar-refractivity contribution in [1.82, 2.24) is 5.32 Å². The topological polar surface area (TPSA) is 38.0 Å². The lowest BCUT2D eigenvalue weighted by Crippen LogP contribution is -2.36. The average Bonchev–Trinajstić information content (AvgIpc) is 2.38. The van der Waals surface area contributed by atoms with Crippen LogP contribution in [-0.2, 0) is 0 Å². The number of rotatable bonds is 4. The van der Waals surface area contributed by atoms with Crippen LogP contribution in [0.1, 0.15) is 43.7 Å². The molecule has 0 aliphatic heterocycles. The Bertz CT molecular complexity index is 291. The molecule has 1 atom stereocenters. The monoisotopic (exact) mass is 218 g/mol. The van der Waals surface area contributed by atoms with Crippen LogP contribution in [0.3, 0.4) is 0 Å². The Morgan fingerprint density at radius 2 is 1.81 bits per heavy atom. The van der Waals surface area contributed by atoms with Crippen molar-refractivity contribution in [2.45, 2.75) is 44.2 Å². The van der Waals surface area contributed by atoms with Crippen LogP contribution in [0.4, 0.5) is 0 Å². The largest absolute Gasteiger partial charge is 0.323 e. The van der Waals surface area contributed by atoms with Gasteiger partial charge < -0.3 is 11.1 Å². The Labute approximate surface area is 98.2 Å². The molecular weight excluding hydrogens is 196 g/mol. The van der Waals surface area contributed by atoms with Gasteiger partial charge in [0.2, 0.25) is 0 Å². The van der Waals surface area contributed by atoms with Crippen molar-refractivity contribution in [3.63, 3.8) is 0 Å². The lowest BCUT2D eigenvalue weighted by Gasteiger charge is -2.24. The fourth-order valence-corrected chi connectivity index (χ4v) is 2.42. The number of hydrogen-bond acceptors (Lipinski definition) is 2. The second-order valence-corrected chi connectivity index (χ2v) is 4.76. The van der Waals surface area contributed by atoms with Crippen molar-refractivity contribution in [2.75, 3.05) is 6.54 Å². The summed E-state index contributed by atoms with van der Waals surface area (Å²) in [6.45, 7) is 0.898. The number of nitrogens with one attached hydrogen (secondary N) is 1. The fourth-order valence-electron chi connectivity index (χ4n) is 2.42. The highest BCUT2D eigenvalue weighted by molar-refractivity contribution is 5.18. The zero-order chi connectivity index (χ0) is 11.2. The van der Waals surface area contributed by atoms with E-state index in [1.54, 1.807) is 0 Å². The third-order valence-electron chi connectivity index (χ3n) is 3.46. The van der Waals surface area contributed by atoms with Gasteiger partial charge in [-0.3, -0.25) is 0 Å². The van der Waals surface area contributed by atoms with E-state index in [9.17, 15) is 0 Å². The summed E-state index contributed by atoms with van der Waals surface area (Å²) < 4.78 is 0. The molecule has 1 aromatic rings. The Balaban J connectivity index is 1.77. The van der Waals surface area contributed by atoms with Crippen molar-refractivity contribution in [2.24, 2.45) is 5.73 Å². The standard InChI is InChI=1S/C14H22N2/c15-14(12-7-3-1-4-8-12)11-16-13-9-5-2-6-10-13/h1,3-4,7-8,13-14,16H,2,5-6,9-11,15H2/t14-/m0/s1. The Hall–Kier alpha value is -0.860. The highest BCUT2D eigenvalue weighted by atomic mass is 14.9. The quantitative estimate of drug-likeness (QED) is 0.815. The molecule has 1 saturated carbocycles. The maximum atomic E-state index is 6.15. The van der Waals surface area contributed by atoms with Gasteiger partial charge in [0, 0.05) is 18.6 Å². The molecule has 2 rings (SSSR count). The number of hydrogen-bond donors (Lipinski definition) is 2. The van der Waals surface area contributed by atoms with E-state index in [0.717, 1.165) is 6.54 Å². The molecule has 1 aromatic carbocycles. The van der Waals surface area contributed by atoms with Gasteiger partial charge in [0.05, 0.1) is 0 Å². The summed E-state index contributed by atoms with van der Waals surface area (Å²) >= 11 is 0. The summed E-state index contributed by atoms with van der Waals surface area (Å²) in [5.74, 6) is 0. The van der Waals surface area contributed by atoms with Crippen LogP contribution >= 0.6 is 0 Å². The summed E-state index contributed by atoms with van der Waals surface area (Å²) in [5, 5.41) is 3.59. The third-order valence-corrected chi connectivity index (χ3v) is 3.46. The zero-order valence-corrected chi connectivity index (χ0v) is 9.86. The maximum absolute atomic E-state index is 6.15. The molecule has 0 spiro atoms. The summed E-state index contributed by atoms with van der Waals surface area (Å²) in [6, 6.07) is 11.2. The minimum Gasteiger partial charge on any atom is -0.323 e. The molecule has 16 heavy (non-hydrogen) atoms. The van der Waals surface area contributed by atoms with Gasteiger partial charge in [-0.15, -0.1) is 0 Å². The second-order valence-electron chi connectivity index (χ2n) is 4.76. The average molecular weight is 218 g/mol. The number of nitrogens with two attached hydrogens (primary N) is 1. The predicted octanol–water partition coefficient (Wildman–Crippen LogP) is 2.61. The van der Waals surface area contributed by atoms with Crippen LogP contribution < -0.4 is 11.1 Å². The first-order chi connectivity index (χ1) is 7.86. The molecule has 1 aliphatic carbocycles.